The van der Waals surface area contributed by atoms with Crippen molar-refractivity contribution in [2.75, 3.05) is 18.5 Å². The lowest BCUT2D eigenvalue weighted by Gasteiger charge is -2.26. The number of rotatable bonds is 4. The first kappa shape index (κ1) is 15.8. The minimum atomic E-state index is -1.33. The third kappa shape index (κ3) is 2.47. The zero-order valence-electron chi connectivity index (χ0n) is 12.7. The molecule has 2 fully saturated rings. The van der Waals surface area contributed by atoms with E-state index in [1.165, 1.54) is 11.9 Å². The first-order chi connectivity index (χ1) is 10.9. The number of carbonyl (C=O) groups excluding carboxylic acids is 2. The van der Waals surface area contributed by atoms with Gasteiger partial charge in [-0.3, -0.25) is 14.4 Å². The number of halogens is 1. The van der Waals surface area contributed by atoms with Crippen LogP contribution in [0.4, 0.5) is 5.69 Å². The van der Waals surface area contributed by atoms with E-state index < -0.39 is 23.3 Å². The molecular weight excluding hydrogens is 320 g/mol. The number of para-hydroxylation sites is 1. The van der Waals surface area contributed by atoms with Gasteiger partial charge < -0.3 is 14.9 Å². The van der Waals surface area contributed by atoms with E-state index in [0.29, 0.717) is 36.5 Å². The number of amides is 2. The lowest BCUT2D eigenvalue weighted by molar-refractivity contribution is -0.154. The predicted octanol–water partition coefficient (Wildman–Crippen LogP) is 1.77. The fraction of sp³-hybridized carbons (Fsp3) is 0.438. The largest absolute Gasteiger partial charge is 0.480 e. The maximum absolute atomic E-state index is 12.6. The highest BCUT2D eigenvalue weighted by atomic mass is 35.5. The maximum Gasteiger partial charge on any atom is 0.319 e. The fourth-order valence-electron chi connectivity index (χ4n) is 3.06. The van der Waals surface area contributed by atoms with Crippen LogP contribution in [0, 0.1) is 5.41 Å². The molecule has 1 N–H and O–H groups in total. The van der Waals surface area contributed by atoms with Crippen LogP contribution in [0.5, 0.6) is 0 Å². The first-order valence-corrected chi connectivity index (χ1v) is 7.83. The van der Waals surface area contributed by atoms with Crippen molar-refractivity contribution in [3.63, 3.8) is 0 Å². The van der Waals surface area contributed by atoms with Crippen LogP contribution < -0.4 is 4.90 Å². The Morgan fingerprint density at radius 3 is 2.57 bits per heavy atom. The van der Waals surface area contributed by atoms with Crippen molar-refractivity contribution < 1.29 is 19.5 Å². The fourth-order valence-corrected chi connectivity index (χ4v) is 3.30. The minimum absolute atomic E-state index is 0.227. The van der Waals surface area contributed by atoms with Gasteiger partial charge in [0.25, 0.3) is 0 Å². The summed E-state index contributed by atoms with van der Waals surface area (Å²) in [6, 6.07) is 6.39. The van der Waals surface area contributed by atoms with Crippen molar-refractivity contribution in [3.8, 4) is 0 Å². The van der Waals surface area contributed by atoms with E-state index >= 15 is 0 Å². The first-order valence-electron chi connectivity index (χ1n) is 7.45. The van der Waals surface area contributed by atoms with Crippen LogP contribution in [0.3, 0.4) is 0 Å². The summed E-state index contributed by atoms with van der Waals surface area (Å²) in [5.41, 5.74) is -0.714. The van der Waals surface area contributed by atoms with Crippen LogP contribution in [-0.2, 0) is 14.4 Å². The molecule has 3 rings (SSSR count). The molecule has 1 saturated heterocycles. The Balaban J connectivity index is 1.78. The molecule has 0 radical (unpaired) electrons. The third-order valence-corrected chi connectivity index (χ3v) is 5.00. The second-order valence-electron chi connectivity index (χ2n) is 6.05. The Morgan fingerprint density at radius 1 is 1.35 bits per heavy atom. The molecule has 1 aliphatic heterocycles. The molecule has 1 aromatic carbocycles. The van der Waals surface area contributed by atoms with Crippen LogP contribution >= 0.6 is 11.6 Å². The van der Waals surface area contributed by atoms with E-state index in [4.69, 9.17) is 11.6 Å². The third-order valence-electron chi connectivity index (χ3n) is 4.68. The number of carboxylic acid groups (broad SMARTS) is 1. The van der Waals surface area contributed by atoms with E-state index in [1.54, 1.807) is 29.2 Å². The van der Waals surface area contributed by atoms with Gasteiger partial charge in [0.1, 0.15) is 11.5 Å². The number of benzene rings is 1. The standard InChI is InChI=1S/C16H17ClN2O4/c1-18(14(21)16(7-8-16)15(22)23)12-6-9-19(13(12)20)11-5-3-2-4-10(11)17/h2-5,12H,6-9H2,1H3,(H,22,23)/t12-/m0/s1. The number of aliphatic carboxylic acids is 1. The lowest BCUT2D eigenvalue weighted by Crippen LogP contribution is -2.47. The van der Waals surface area contributed by atoms with Gasteiger partial charge in [-0.1, -0.05) is 23.7 Å². The highest BCUT2D eigenvalue weighted by Gasteiger charge is 2.59. The number of likely N-dealkylation sites (N-methyl/N-ethyl adjacent to an activating group) is 1. The Kier molecular flexibility index (Phi) is 3.80. The lowest BCUT2D eigenvalue weighted by atomic mass is 10.0. The van der Waals surface area contributed by atoms with Crippen LogP contribution in [0.15, 0.2) is 24.3 Å². The molecule has 0 bridgehead atoms. The summed E-state index contributed by atoms with van der Waals surface area (Å²) in [6.07, 6.45) is 1.13. The molecule has 0 spiro atoms. The van der Waals surface area contributed by atoms with Crippen LogP contribution in [-0.4, -0.2) is 47.4 Å². The zero-order chi connectivity index (χ0) is 16.8. The van der Waals surface area contributed by atoms with Crippen molar-refractivity contribution in [2.45, 2.75) is 25.3 Å². The van der Waals surface area contributed by atoms with Crippen molar-refractivity contribution in [1.82, 2.24) is 4.90 Å². The summed E-state index contributed by atoms with van der Waals surface area (Å²) in [6.45, 7) is 0.449. The monoisotopic (exact) mass is 336 g/mol. The van der Waals surface area contributed by atoms with Crippen LogP contribution in [0.25, 0.3) is 0 Å². The van der Waals surface area contributed by atoms with Crippen molar-refractivity contribution in [1.29, 1.82) is 0 Å². The molecular formula is C16H17ClN2O4. The molecule has 2 amide bonds. The molecule has 1 heterocycles. The highest BCUT2D eigenvalue weighted by Crippen LogP contribution is 2.48. The summed E-state index contributed by atoms with van der Waals surface area (Å²) in [7, 11) is 1.50. The predicted molar refractivity (Wildman–Crippen MR) is 84.3 cm³/mol. The summed E-state index contributed by atoms with van der Waals surface area (Å²) in [5, 5.41) is 9.71. The number of carbonyl (C=O) groups is 3. The minimum Gasteiger partial charge on any atom is -0.480 e. The number of carboxylic acids is 1. The SMILES string of the molecule is CN(C(=O)C1(C(=O)O)CC1)[C@H]1CCN(c2ccccc2Cl)C1=O. The number of nitrogens with zero attached hydrogens (tertiary/aromatic N) is 2. The van der Waals surface area contributed by atoms with E-state index in [1.807, 2.05) is 0 Å². The van der Waals surface area contributed by atoms with Gasteiger partial charge >= 0.3 is 5.97 Å². The number of anilines is 1. The second kappa shape index (κ2) is 5.53. The smallest absolute Gasteiger partial charge is 0.319 e. The molecule has 1 aromatic rings. The quantitative estimate of drug-likeness (QED) is 0.850. The highest BCUT2D eigenvalue weighted by molar-refractivity contribution is 6.34. The van der Waals surface area contributed by atoms with Gasteiger partial charge in [0, 0.05) is 13.6 Å². The van der Waals surface area contributed by atoms with E-state index in [0.717, 1.165) is 0 Å². The molecule has 23 heavy (non-hydrogen) atoms. The Morgan fingerprint density at radius 2 is 2.00 bits per heavy atom. The average Bonchev–Trinajstić information content (AvgIpc) is 3.26. The normalized spacial score (nSPS) is 22.1. The molecule has 0 aromatic heterocycles. The Hall–Kier alpha value is -2.08. The van der Waals surface area contributed by atoms with Crippen molar-refractivity contribution in [2.24, 2.45) is 5.41 Å². The zero-order valence-corrected chi connectivity index (χ0v) is 13.4. The van der Waals surface area contributed by atoms with Gasteiger partial charge in [-0.2, -0.15) is 0 Å². The van der Waals surface area contributed by atoms with Gasteiger partial charge in [0.15, 0.2) is 0 Å². The van der Waals surface area contributed by atoms with E-state index in [2.05, 4.69) is 0 Å². The summed E-state index contributed by atoms with van der Waals surface area (Å²) >= 11 is 6.13. The second-order valence-corrected chi connectivity index (χ2v) is 6.46. The van der Waals surface area contributed by atoms with E-state index in [9.17, 15) is 19.5 Å². The molecule has 6 nitrogen and oxygen atoms in total. The van der Waals surface area contributed by atoms with Crippen molar-refractivity contribution >= 4 is 35.1 Å². The van der Waals surface area contributed by atoms with Gasteiger partial charge in [0.2, 0.25) is 11.8 Å². The van der Waals surface area contributed by atoms with Crippen LogP contribution in [0.2, 0.25) is 5.02 Å². The van der Waals surface area contributed by atoms with Crippen LogP contribution in [0.1, 0.15) is 19.3 Å². The molecule has 122 valence electrons. The topological polar surface area (TPSA) is 77.9 Å². The number of hydrogen-bond acceptors (Lipinski definition) is 3. The Bertz CT molecular complexity index is 686. The Labute approximate surface area is 138 Å². The van der Waals surface area contributed by atoms with Crippen molar-refractivity contribution in [3.05, 3.63) is 29.3 Å². The van der Waals surface area contributed by atoms with Gasteiger partial charge in [-0.25, -0.2) is 0 Å². The summed E-state index contributed by atoms with van der Waals surface area (Å²) in [5.74, 6) is -1.82. The summed E-state index contributed by atoms with van der Waals surface area (Å²) < 4.78 is 0. The molecule has 2 aliphatic rings. The van der Waals surface area contributed by atoms with Gasteiger partial charge in [0.05, 0.1) is 10.7 Å². The number of hydrogen-bond donors (Lipinski definition) is 1. The average molecular weight is 337 g/mol. The molecule has 7 heteroatoms. The van der Waals surface area contributed by atoms with Gasteiger partial charge in [-0.05, 0) is 31.4 Å². The maximum atomic E-state index is 12.6. The molecule has 0 unspecified atom stereocenters. The molecule has 1 aliphatic carbocycles. The van der Waals surface area contributed by atoms with Gasteiger partial charge in [-0.15, -0.1) is 0 Å². The summed E-state index contributed by atoms with van der Waals surface area (Å²) in [4.78, 5) is 39.2. The van der Waals surface area contributed by atoms with E-state index in [-0.39, 0.29) is 5.91 Å². The molecule has 1 atom stereocenters. The molecule has 1 saturated carbocycles.